The van der Waals surface area contributed by atoms with Gasteiger partial charge in [0.1, 0.15) is 12.4 Å². The van der Waals surface area contributed by atoms with Crippen molar-refractivity contribution in [2.75, 3.05) is 0 Å². The number of benzene rings is 1. The van der Waals surface area contributed by atoms with Gasteiger partial charge in [0, 0.05) is 0 Å². The molecule has 1 aromatic heterocycles. The van der Waals surface area contributed by atoms with E-state index in [9.17, 15) is 13.6 Å². The Hall–Kier alpha value is -2.71. The molecule has 0 aliphatic rings. The van der Waals surface area contributed by atoms with Crippen LogP contribution in [0.25, 0.3) is 0 Å². The van der Waals surface area contributed by atoms with Crippen molar-refractivity contribution in [3.05, 3.63) is 35.5 Å². The first kappa shape index (κ1) is 13.7. The fourth-order valence-electron chi connectivity index (χ4n) is 1.38. The highest BCUT2D eigenvalue weighted by Crippen LogP contribution is 2.17. The molecule has 106 valence electrons. The van der Waals surface area contributed by atoms with Crippen LogP contribution in [0.1, 0.15) is 16.1 Å². The highest BCUT2D eigenvalue weighted by molar-refractivity contribution is 5.87. The lowest BCUT2D eigenvalue weighted by atomic mass is 10.2. The Labute approximate surface area is 111 Å². The zero-order chi connectivity index (χ0) is 14.5. The zero-order valence-electron chi connectivity index (χ0n) is 9.92. The number of hydrogen-bond donors (Lipinski definition) is 2. The monoisotopic (exact) mass is 285 g/mol. The van der Waals surface area contributed by atoms with E-state index in [1.807, 2.05) is 0 Å². The molecule has 7 nitrogen and oxygen atoms in total. The van der Waals surface area contributed by atoms with Gasteiger partial charge in [-0.2, -0.15) is 8.78 Å². The molecule has 1 aromatic carbocycles. The number of nitrogens with zero attached hydrogens (tertiary/aromatic N) is 2. The predicted molar refractivity (Wildman–Crippen MR) is 60.7 cm³/mol. The van der Waals surface area contributed by atoms with Gasteiger partial charge in [0.2, 0.25) is 5.69 Å². The standard InChI is InChI=1S/C11H9F2N3O4/c12-11(13)20-7-3-1-6(2-4-7)5-19-9-8(10(17)18)14-16-15-9/h1-4,11H,5H2,(H,17,18)(H,14,15,16). The summed E-state index contributed by atoms with van der Waals surface area (Å²) in [6, 6.07) is 5.73. The van der Waals surface area contributed by atoms with Crippen LogP contribution >= 0.6 is 0 Å². The van der Waals surface area contributed by atoms with E-state index in [1.54, 1.807) is 0 Å². The van der Waals surface area contributed by atoms with Gasteiger partial charge in [0.25, 0.3) is 5.88 Å². The number of carboxylic acid groups (broad SMARTS) is 1. The van der Waals surface area contributed by atoms with Crippen molar-refractivity contribution < 1.29 is 28.2 Å². The van der Waals surface area contributed by atoms with Gasteiger partial charge in [-0.05, 0) is 17.7 Å². The van der Waals surface area contributed by atoms with E-state index in [1.165, 1.54) is 24.3 Å². The summed E-state index contributed by atoms with van der Waals surface area (Å²) in [6.45, 7) is -2.87. The van der Waals surface area contributed by atoms with E-state index in [0.29, 0.717) is 5.56 Å². The summed E-state index contributed by atoms with van der Waals surface area (Å²) < 4.78 is 33.3. The Balaban J connectivity index is 1.97. The molecule has 1 heterocycles. The number of carboxylic acids is 1. The molecule has 2 N–H and O–H groups in total. The van der Waals surface area contributed by atoms with Gasteiger partial charge in [0.15, 0.2) is 0 Å². The quantitative estimate of drug-likeness (QED) is 0.838. The van der Waals surface area contributed by atoms with Gasteiger partial charge in [-0.15, -0.1) is 0 Å². The van der Waals surface area contributed by atoms with Crippen LogP contribution in [0.2, 0.25) is 0 Å². The molecule has 0 saturated carbocycles. The van der Waals surface area contributed by atoms with Gasteiger partial charge in [-0.25, -0.2) is 9.89 Å². The Morgan fingerprint density at radius 1 is 1.35 bits per heavy atom. The Bertz CT molecular complexity index is 586. The van der Waals surface area contributed by atoms with Crippen LogP contribution in [0.3, 0.4) is 0 Å². The Morgan fingerprint density at radius 2 is 2.05 bits per heavy atom. The molecule has 2 aromatic rings. The van der Waals surface area contributed by atoms with Crippen molar-refractivity contribution in [3.8, 4) is 11.6 Å². The van der Waals surface area contributed by atoms with Crippen LogP contribution in [0.5, 0.6) is 11.6 Å². The number of ether oxygens (including phenoxy) is 2. The van der Waals surface area contributed by atoms with E-state index in [2.05, 4.69) is 20.1 Å². The number of aromatic carboxylic acids is 1. The summed E-state index contributed by atoms with van der Waals surface area (Å²) >= 11 is 0. The third kappa shape index (κ3) is 3.40. The van der Waals surface area contributed by atoms with E-state index in [-0.39, 0.29) is 23.9 Å². The largest absolute Gasteiger partial charge is 0.476 e. The molecule has 0 saturated heterocycles. The molecule has 0 spiro atoms. The smallest absolute Gasteiger partial charge is 0.387 e. The number of alkyl halides is 2. The highest BCUT2D eigenvalue weighted by atomic mass is 19.3. The van der Waals surface area contributed by atoms with Crippen LogP contribution in [-0.4, -0.2) is 33.1 Å². The average Bonchev–Trinajstić information content (AvgIpc) is 2.86. The maximum atomic E-state index is 12.0. The maximum Gasteiger partial charge on any atom is 0.387 e. The minimum atomic E-state index is -2.88. The molecule has 0 radical (unpaired) electrons. The lowest BCUT2D eigenvalue weighted by Gasteiger charge is -2.06. The minimum Gasteiger partial charge on any atom is -0.476 e. The van der Waals surface area contributed by atoms with Crippen LogP contribution in [0.15, 0.2) is 24.3 Å². The molecular weight excluding hydrogens is 276 g/mol. The zero-order valence-corrected chi connectivity index (χ0v) is 9.92. The number of carbonyl (C=O) groups is 1. The summed E-state index contributed by atoms with van der Waals surface area (Å²) in [5.74, 6) is -1.37. The van der Waals surface area contributed by atoms with E-state index < -0.39 is 12.6 Å². The molecule has 0 amide bonds. The van der Waals surface area contributed by atoms with E-state index in [0.717, 1.165) is 0 Å². The molecule has 2 rings (SSSR count). The number of H-pyrrole nitrogens is 1. The van der Waals surface area contributed by atoms with Gasteiger partial charge in [-0.3, -0.25) is 0 Å². The average molecular weight is 285 g/mol. The van der Waals surface area contributed by atoms with Gasteiger partial charge >= 0.3 is 12.6 Å². The summed E-state index contributed by atoms with van der Waals surface area (Å²) in [4.78, 5) is 10.8. The first-order valence-corrected chi connectivity index (χ1v) is 5.37. The number of hydrogen-bond acceptors (Lipinski definition) is 5. The van der Waals surface area contributed by atoms with Crippen molar-refractivity contribution in [3.63, 3.8) is 0 Å². The molecule has 9 heteroatoms. The highest BCUT2D eigenvalue weighted by Gasteiger charge is 2.15. The summed E-state index contributed by atoms with van der Waals surface area (Å²) in [6.07, 6.45) is 0. The van der Waals surface area contributed by atoms with Crippen LogP contribution in [0.4, 0.5) is 8.78 Å². The first-order chi connectivity index (χ1) is 9.56. The first-order valence-electron chi connectivity index (χ1n) is 5.37. The third-order valence-electron chi connectivity index (χ3n) is 2.25. The molecule has 0 fully saturated rings. The summed E-state index contributed by atoms with van der Waals surface area (Å²) in [5, 5.41) is 17.8. The van der Waals surface area contributed by atoms with Crippen molar-refractivity contribution >= 4 is 5.97 Å². The fraction of sp³-hybridized carbons (Fsp3) is 0.182. The third-order valence-corrected chi connectivity index (χ3v) is 2.25. The second-order valence-electron chi connectivity index (χ2n) is 3.61. The number of nitrogens with one attached hydrogen (secondary N) is 1. The lowest BCUT2D eigenvalue weighted by Crippen LogP contribution is -2.04. The molecule has 0 unspecified atom stereocenters. The molecule has 20 heavy (non-hydrogen) atoms. The van der Waals surface area contributed by atoms with Crippen molar-refractivity contribution in [1.82, 2.24) is 15.4 Å². The SMILES string of the molecule is O=C(O)c1[nH]nnc1OCc1ccc(OC(F)F)cc1. The minimum absolute atomic E-state index is 0.0156. The topological polar surface area (TPSA) is 97.3 Å². The second kappa shape index (κ2) is 5.95. The molecule has 0 bridgehead atoms. The molecule has 0 aliphatic heterocycles. The van der Waals surface area contributed by atoms with E-state index in [4.69, 9.17) is 9.84 Å². The summed E-state index contributed by atoms with van der Waals surface area (Å²) in [7, 11) is 0. The fourth-order valence-corrected chi connectivity index (χ4v) is 1.38. The van der Waals surface area contributed by atoms with Crippen molar-refractivity contribution in [2.45, 2.75) is 13.2 Å². The number of halogens is 2. The van der Waals surface area contributed by atoms with Crippen molar-refractivity contribution in [1.29, 1.82) is 0 Å². The molecular formula is C11H9F2N3O4. The molecule has 0 atom stereocenters. The Morgan fingerprint density at radius 3 is 2.65 bits per heavy atom. The summed E-state index contributed by atoms with van der Waals surface area (Å²) in [5.41, 5.74) is 0.369. The van der Waals surface area contributed by atoms with Crippen LogP contribution in [-0.2, 0) is 6.61 Å². The van der Waals surface area contributed by atoms with Crippen molar-refractivity contribution in [2.24, 2.45) is 0 Å². The van der Waals surface area contributed by atoms with Gasteiger partial charge in [-0.1, -0.05) is 22.4 Å². The molecule has 0 aliphatic carbocycles. The maximum absolute atomic E-state index is 12.0. The van der Waals surface area contributed by atoms with Crippen LogP contribution in [0, 0.1) is 0 Å². The normalized spacial score (nSPS) is 10.6. The van der Waals surface area contributed by atoms with Crippen LogP contribution < -0.4 is 9.47 Å². The number of aromatic amines is 1. The van der Waals surface area contributed by atoms with E-state index >= 15 is 0 Å². The lowest BCUT2D eigenvalue weighted by molar-refractivity contribution is -0.0498. The van der Waals surface area contributed by atoms with Gasteiger partial charge in [0.05, 0.1) is 0 Å². The number of rotatable bonds is 6. The van der Waals surface area contributed by atoms with Gasteiger partial charge < -0.3 is 14.6 Å². The second-order valence-corrected chi connectivity index (χ2v) is 3.61. The number of aromatic nitrogens is 3. The predicted octanol–water partition coefficient (Wildman–Crippen LogP) is 1.68. The Kier molecular flexibility index (Phi) is 4.08.